The van der Waals surface area contributed by atoms with Gasteiger partial charge in [-0.25, -0.2) is 0 Å². The van der Waals surface area contributed by atoms with Gasteiger partial charge in [0.2, 0.25) is 5.91 Å². The van der Waals surface area contributed by atoms with Crippen LogP contribution in [0.25, 0.3) is 17.0 Å². The molecule has 0 unspecified atom stereocenters. The molecular formula is C17H17N5O3. The average Bonchev–Trinajstić information content (AvgIpc) is 3.29. The first-order chi connectivity index (χ1) is 12.1. The van der Waals surface area contributed by atoms with Crippen LogP contribution in [0, 0.1) is 0 Å². The molecule has 4 heterocycles. The number of hydrogen-bond donors (Lipinski definition) is 0. The Balaban J connectivity index is 1.60. The molecule has 128 valence electrons. The molecule has 1 aliphatic rings. The van der Waals surface area contributed by atoms with E-state index in [1.165, 1.54) is 0 Å². The van der Waals surface area contributed by atoms with Crippen molar-refractivity contribution < 1.29 is 14.0 Å². The molecule has 8 nitrogen and oxygen atoms in total. The zero-order chi connectivity index (χ0) is 17.4. The van der Waals surface area contributed by atoms with E-state index in [4.69, 9.17) is 4.42 Å². The lowest BCUT2D eigenvalue weighted by atomic mass is 10.2. The molecule has 0 spiro atoms. The Hall–Kier alpha value is -3.16. The third kappa shape index (κ3) is 2.75. The third-order valence-corrected chi connectivity index (χ3v) is 4.44. The third-order valence-electron chi connectivity index (χ3n) is 4.44. The maximum atomic E-state index is 12.8. The van der Waals surface area contributed by atoms with Crippen LogP contribution < -0.4 is 0 Å². The number of amides is 2. The Kier molecular flexibility index (Phi) is 3.72. The molecule has 1 fully saturated rings. The van der Waals surface area contributed by atoms with Crippen molar-refractivity contribution in [1.82, 2.24) is 24.4 Å². The van der Waals surface area contributed by atoms with Gasteiger partial charge in [-0.2, -0.15) is 0 Å². The van der Waals surface area contributed by atoms with E-state index in [1.807, 2.05) is 0 Å². The fraction of sp³-hybridized carbons (Fsp3) is 0.294. The summed E-state index contributed by atoms with van der Waals surface area (Å²) in [5.41, 5.74) is 2.02. The molecule has 1 saturated heterocycles. The van der Waals surface area contributed by atoms with E-state index in [0.717, 1.165) is 5.56 Å². The van der Waals surface area contributed by atoms with Crippen LogP contribution >= 0.6 is 0 Å². The summed E-state index contributed by atoms with van der Waals surface area (Å²) in [5, 5.41) is 8.28. The van der Waals surface area contributed by atoms with Crippen molar-refractivity contribution in [3.63, 3.8) is 0 Å². The quantitative estimate of drug-likeness (QED) is 0.702. The first kappa shape index (κ1) is 15.4. The van der Waals surface area contributed by atoms with Crippen LogP contribution in [0.15, 0.2) is 41.3 Å². The predicted octanol–water partition coefficient (Wildman–Crippen LogP) is 1.29. The molecule has 0 aliphatic carbocycles. The summed E-state index contributed by atoms with van der Waals surface area (Å²) in [6.45, 7) is 3.75. The van der Waals surface area contributed by atoms with Crippen molar-refractivity contribution in [3.05, 3.63) is 42.5 Å². The number of fused-ring (bicyclic) bond motifs is 1. The highest BCUT2D eigenvalue weighted by atomic mass is 16.3. The summed E-state index contributed by atoms with van der Waals surface area (Å²) in [5.74, 6) is 0.611. The van der Waals surface area contributed by atoms with Gasteiger partial charge in [0.05, 0.1) is 17.4 Å². The largest absolute Gasteiger partial charge is 0.472 e. The molecule has 0 saturated carbocycles. The van der Waals surface area contributed by atoms with Crippen LogP contribution in [0.4, 0.5) is 0 Å². The van der Waals surface area contributed by atoms with Crippen molar-refractivity contribution in [2.75, 3.05) is 26.2 Å². The Morgan fingerprint density at radius 3 is 2.48 bits per heavy atom. The van der Waals surface area contributed by atoms with E-state index in [9.17, 15) is 9.59 Å². The van der Waals surface area contributed by atoms with Crippen molar-refractivity contribution in [3.8, 4) is 11.4 Å². The molecule has 2 amide bonds. The number of carbonyl (C=O) groups is 2. The highest BCUT2D eigenvalue weighted by Gasteiger charge is 2.24. The van der Waals surface area contributed by atoms with Gasteiger partial charge in [0.1, 0.15) is 6.26 Å². The Labute approximate surface area is 143 Å². The summed E-state index contributed by atoms with van der Waals surface area (Å²) >= 11 is 0. The molecule has 3 aromatic heterocycles. The van der Waals surface area contributed by atoms with Crippen LogP contribution in [0.3, 0.4) is 0 Å². The number of aromatic nitrogens is 3. The minimum Gasteiger partial charge on any atom is -0.472 e. The van der Waals surface area contributed by atoms with E-state index < -0.39 is 0 Å². The molecule has 1 aliphatic heterocycles. The Bertz CT molecular complexity index is 923. The van der Waals surface area contributed by atoms with Crippen molar-refractivity contribution in [1.29, 1.82) is 0 Å². The molecule has 8 heteroatoms. The topological polar surface area (TPSA) is 84.0 Å². The fourth-order valence-corrected chi connectivity index (χ4v) is 3.01. The van der Waals surface area contributed by atoms with Gasteiger partial charge in [0, 0.05) is 39.3 Å². The molecule has 25 heavy (non-hydrogen) atoms. The first-order valence-corrected chi connectivity index (χ1v) is 8.05. The second kappa shape index (κ2) is 6.04. The average molecular weight is 339 g/mol. The van der Waals surface area contributed by atoms with Crippen molar-refractivity contribution in [2.24, 2.45) is 0 Å². The standard InChI is InChI=1S/C17H17N5O3/c1-12(23)20-5-7-21(8-6-20)17(24)13-2-3-15-18-19-16(22(15)10-13)14-4-9-25-11-14/h2-4,9-11H,5-8H2,1H3. The lowest BCUT2D eigenvalue weighted by Crippen LogP contribution is -2.50. The van der Waals surface area contributed by atoms with E-state index >= 15 is 0 Å². The molecule has 0 atom stereocenters. The van der Waals surface area contributed by atoms with Gasteiger partial charge in [-0.1, -0.05) is 0 Å². The number of hydrogen-bond acceptors (Lipinski definition) is 5. The zero-order valence-electron chi connectivity index (χ0n) is 13.8. The number of nitrogens with zero attached hydrogens (tertiary/aromatic N) is 5. The summed E-state index contributed by atoms with van der Waals surface area (Å²) in [7, 11) is 0. The lowest BCUT2D eigenvalue weighted by molar-refractivity contribution is -0.130. The Morgan fingerprint density at radius 1 is 1.04 bits per heavy atom. The normalized spacial score (nSPS) is 14.9. The van der Waals surface area contributed by atoms with E-state index in [-0.39, 0.29) is 11.8 Å². The number of pyridine rings is 1. The van der Waals surface area contributed by atoms with Gasteiger partial charge in [0.15, 0.2) is 11.5 Å². The minimum absolute atomic E-state index is 0.0442. The van der Waals surface area contributed by atoms with Crippen molar-refractivity contribution in [2.45, 2.75) is 6.92 Å². The summed E-state index contributed by atoms with van der Waals surface area (Å²) < 4.78 is 6.88. The van der Waals surface area contributed by atoms with Gasteiger partial charge in [-0.15, -0.1) is 10.2 Å². The fourth-order valence-electron chi connectivity index (χ4n) is 3.01. The molecule has 3 aromatic rings. The van der Waals surface area contributed by atoms with Gasteiger partial charge < -0.3 is 14.2 Å². The summed E-state index contributed by atoms with van der Waals surface area (Å²) in [6, 6.07) is 5.32. The van der Waals surface area contributed by atoms with Crippen LogP contribution in [-0.2, 0) is 4.79 Å². The highest BCUT2D eigenvalue weighted by molar-refractivity contribution is 5.94. The van der Waals surface area contributed by atoms with E-state index in [2.05, 4.69) is 10.2 Å². The van der Waals surface area contributed by atoms with Crippen molar-refractivity contribution >= 4 is 17.5 Å². The maximum absolute atomic E-state index is 12.8. The molecule has 4 rings (SSSR count). The SMILES string of the molecule is CC(=O)N1CCN(C(=O)c2ccc3nnc(-c4ccoc4)n3c2)CC1. The van der Waals surface area contributed by atoms with Gasteiger partial charge in [0.25, 0.3) is 5.91 Å². The summed E-state index contributed by atoms with van der Waals surface area (Å²) in [6.07, 6.45) is 4.91. The zero-order valence-corrected chi connectivity index (χ0v) is 13.8. The van der Waals surface area contributed by atoms with Gasteiger partial charge >= 0.3 is 0 Å². The molecule has 0 radical (unpaired) electrons. The van der Waals surface area contributed by atoms with E-state index in [0.29, 0.717) is 43.2 Å². The van der Waals surface area contributed by atoms with Crippen LogP contribution in [0.1, 0.15) is 17.3 Å². The lowest BCUT2D eigenvalue weighted by Gasteiger charge is -2.34. The molecule has 0 bridgehead atoms. The van der Waals surface area contributed by atoms with E-state index in [1.54, 1.807) is 58.0 Å². The minimum atomic E-state index is -0.0584. The molecule has 0 N–H and O–H groups in total. The van der Waals surface area contributed by atoms with Gasteiger partial charge in [-0.3, -0.25) is 14.0 Å². The van der Waals surface area contributed by atoms with Crippen LogP contribution in [0.5, 0.6) is 0 Å². The second-order valence-corrected chi connectivity index (χ2v) is 5.98. The number of piperazine rings is 1. The van der Waals surface area contributed by atoms with Crippen LogP contribution in [0.2, 0.25) is 0 Å². The Morgan fingerprint density at radius 2 is 1.80 bits per heavy atom. The second-order valence-electron chi connectivity index (χ2n) is 5.98. The summed E-state index contributed by atoms with van der Waals surface area (Å²) in [4.78, 5) is 27.7. The predicted molar refractivity (Wildman–Crippen MR) is 88.8 cm³/mol. The molecule has 0 aromatic carbocycles. The van der Waals surface area contributed by atoms with Crippen LogP contribution in [-0.4, -0.2) is 62.4 Å². The maximum Gasteiger partial charge on any atom is 0.255 e. The highest BCUT2D eigenvalue weighted by Crippen LogP contribution is 2.20. The number of furan rings is 1. The number of carbonyl (C=O) groups excluding carboxylic acids is 2. The first-order valence-electron chi connectivity index (χ1n) is 8.05. The number of rotatable bonds is 2. The monoisotopic (exact) mass is 339 g/mol. The smallest absolute Gasteiger partial charge is 0.255 e. The molecular weight excluding hydrogens is 322 g/mol. The van der Waals surface area contributed by atoms with Gasteiger partial charge in [-0.05, 0) is 18.2 Å².